The van der Waals surface area contributed by atoms with Crippen LogP contribution in [0.2, 0.25) is 0 Å². The predicted octanol–water partition coefficient (Wildman–Crippen LogP) is 13.6. The molecule has 0 saturated heterocycles. The van der Waals surface area contributed by atoms with Crippen molar-refractivity contribution in [1.29, 1.82) is 0 Å². The lowest BCUT2D eigenvalue weighted by atomic mass is 9.95. The molecule has 2 nitrogen and oxygen atoms in total. The smallest absolute Gasteiger partial charge is 0.0719 e. The van der Waals surface area contributed by atoms with E-state index in [1.165, 1.54) is 91.7 Å². The van der Waals surface area contributed by atoms with Gasteiger partial charge in [-0.1, -0.05) is 146 Å². The zero-order valence-electron chi connectivity index (χ0n) is 27.6. The third-order valence-corrected chi connectivity index (χ3v) is 11.7. The minimum atomic E-state index is 1.16. The Morgan fingerprint density at radius 3 is 1.51 bits per heavy atom. The second-order valence-corrected chi connectivity index (χ2v) is 14.3. The van der Waals surface area contributed by atoms with Gasteiger partial charge in [0.15, 0.2) is 0 Å². The SMILES string of the molecule is c1ccc(-c2cccc(-c3ccc(-n4c5ccccc5c5ccc6c7ccccc7sc6c54)cc3)c2-n2c3ccccc3c3ccccc32)cc1. The predicted molar refractivity (Wildman–Crippen MR) is 219 cm³/mol. The number of aromatic nitrogens is 2. The molecule has 0 radical (unpaired) electrons. The Balaban J connectivity index is 1.17. The minimum absolute atomic E-state index is 1.16. The molecule has 0 amide bonds. The highest BCUT2D eigenvalue weighted by Gasteiger charge is 2.21. The third-order valence-electron chi connectivity index (χ3n) is 10.5. The maximum Gasteiger partial charge on any atom is 0.0719 e. The maximum atomic E-state index is 2.47. The van der Waals surface area contributed by atoms with Crippen LogP contribution in [0.25, 0.3) is 97.4 Å². The van der Waals surface area contributed by atoms with E-state index in [9.17, 15) is 0 Å². The van der Waals surface area contributed by atoms with Gasteiger partial charge in [-0.15, -0.1) is 11.3 Å². The molecule has 238 valence electrons. The quantitative estimate of drug-likeness (QED) is 0.177. The van der Waals surface area contributed by atoms with Crippen LogP contribution in [-0.4, -0.2) is 9.13 Å². The molecule has 0 aliphatic rings. The summed E-state index contributed by atoms with van der Waals surface area (Å²) in [4.78, 5) is 0. The lowest BCUT2D eigenvalue weighted by Crippen LogP contribution is -2.01. The van der Waals surface area contributed by atoms with Crippen LogP contribution in [0.1, 0.15) is 0 Å². The fourth-order valence-electron chi connectivity index (χ4n) is 8.32. The second kappa shape index (κ2) is 11.0. The molecule has 11 aromatic rings. The normalized spacial score (nSPS) is 11.9. The van der Waals surface area contributed by atoms with Gasteiger partial charge >= 0.3 is 0 Å². The largest absolute Gasteiger partial charge is 0.308 e. The molecule has 0 unspecified atom stereocenters. The van der Waals surface area contributed by atoms with Crippen molar-refractivity contribution in [1.82, 2.24) is 9.13 Å². The number of fused-ring (bicyclic) bond motifs is 10. The summed E-state index contributed by atoms with van der Waals surface area (Å²) >= 11 is 1.89. The maximum absolute atomic E-state index is 2.47. The van der Waals surface area contributed by atoms with E-state index >= 15 is 0 Å². The van der Waals surface area contributed by atoms with E-state index in [2.05, 4.69) is 191 Å². The zero-order valence-corrected chi connectivity index (χ0v) is 28.4. The van der Waals surface area contributed by atoms with Gasteiger partial charge in [0.25, 0.3) is 0 Å². The van der Waals surface area contributed by atoms with E-state index in [-0.39, 0.29) is 0 Å². The lowest BCUT2D eigenvalue weighted by molar-refractivity contribution is 1.18. The van der Waals surface area contributed by atoms with Crippen LogP contribution in [0.5, 0.6) is 0 Å². The summed E-state index contributed by atoms with van der Waals surface area (Å²) in [5, 5.41) is 7.73. The molecule has 3 heteroatoms. The highest BCUT2D eigenvalue weighted by atomic mass is 32.1. The van der Waals surface area contributed by atoms with E-state index in [1.54, 1.807) is 0 Å². The van der Waals surface area contributed by atoms with Gasteiger partial charge in [0.05, 0.1) is 32.5 Å². The molecule has 0 saturated carbocycles. The molecule has 3 aromatic heterocycles. The monoisotopic (exact) mass is 666 g/mol. The van der Waals surface area contributed by atoms with E-state index in [1.807, 2.05) is 11.3 Å². The number of nitrogens with zero attached hydrogens (tertiary/aromatic N) is 2. The summed E-state index contributed by atoms with van der Waals surface area (Å²) in [6.07, 6.45) is 0. The number of hydrogen-bond acceptors (Lipinski definition) is 1. The summed E-state index contributed by atoms with van der Waals surface area (Å²) in [7, 11) is 0. The van der Waals surface area contributed by atoms with Crippen LogP contribution in [0, 0.1) is 0 Å². The first-order valence-electron chi connectivity index (χ1n) is 17.4. The van der Waals surface area contributed by atoms with Gasteiger partial charge in [-0.2, -0.15) is 0 Å². The van der Waals surface area contributed by atoms with Crippen molar-refractivity contribution in [2.45, 2.75) is 0 Å². The van der Waals surface area contributed by atoms with Gasteiger partial charge in [0, 0.05) is 53.8 Å². The fourth-order valence-corrected chi connectivity index (χ4v) is 9.56. The van der Waals surface area contributed by atoms with Crippen molar-refractivity contribution >= 4 is 75.1 Å². The molecule has 51 heavy (non-hydrogen) atoms. The van der Waals surface area contributed by atoms with Crippen molar-refractivity contribution in [3.63, 3.8) is 0 Å². The fraction of sp³-hybridized carbons (Fsp3) is 0. The van der Waals surface area contributed by atoms with Crippen LogP contribution in [0.15, 0.2) is 182 Å². The van der Waals surface area contributed by atoms with Gasteiger partial charge in [-0.25, -0.2) is 0 Å². The Bertz CT molecular complexity index is 3070. The molecule has 0 N–H and O–H groups in total. The third kappa shape index (κ3) is 4.16. The topological polar surface area (TPSA) is 9.86 Å². The van der Waals surface area contributed by atoms with Gasteiger partial charge in [-0.3, -0.25) is 0 Å². The zero-order chi connectivity index (χ0) is 33.5. The average molecular weight is 667 g/mol. The number of thiophene rings is 1. The van der Waals surface area contributed by atoms with Crippen molar-refractivity contribution in [3.8, 4) is 33.6 Å². The Kier molecular flexibility index (Phi) is 6.16. The Hall–Kier alpha value is -6.42. The molecule has 8 aromatic carbocycles. The average Bonchev–Trinajstić information content (AvgIpc) is 3.86. The number of para-hydroxylation sites is 4. The van der Waals surface area contributed by atoms with Crippen molar-refractivity contribution in [2.75, 3.05) is 0 Å². The Morgan fingerprint density at radius 2 is 0.843 bits per heavy atom. The summed E-state index contributed by atoms with van der Waals surface area (Å²) in [6.45, 7) is 0. The number of hydrogen-bond donors (Lipinski definition) is 0. The first-order chi connectivity index (χ1) is 25.3. The van der Waals surface area contributed by atoms with E-state index < -0.39 is 0 Å². The molecule has 3 heterocycles. The summed E-state index contributed by atoms with van der Waals surface area (Å²) < 4.78 is 7.60. The van der Waals surface area contributed by atoms with Gasteiger partial charge in [-0.05, 0) is 47.5 Å². The highest BCUT2D eigenvalue weighted by Crippen LogP contribution is 2.44. The van der Waals surface area contributed by atoms with Crippen LogP contribution < -0.4 is 0 Å². The summed E-state index contributed by atoms with van der Waals surface area (Å²) in [5.74, 6) is 0. The Labute approximate surface area is 298 Å². The van der Waals surface area contributed by atoms with Gasteiger partial charge < -0.3 is 9.13 Å². The highest BCUT2D eigenvalue weighted by molar-refractivity contribution is 7.26. The minimum Gasteiger partial charge on any atom is -0.308 e. The molecular weight excluding hydrogens is 637 g/mol. The molecule has 0 spiro atoms. The van der Waals surface area contributed by atoms with Gasteiger partial charge in [0.1, 0.15) is 0 Å². The molecule has 11 rings (SSSR count). The Morgan fingerprint density at radius 1 is 0.333 bits per heavy atom. The first-order valence-corrected chi connectivity index (χ1v) is 18.3. The van der Waals surface area contributed by atoms with Crippen LogP contribution >= 0.6 is 11.3 Å². The molecule has 0 aliphatic carbocycles. The van der Waals surface area contributed by atoms with Crippen LogP contribution in [-0.2, 0) is 0 Å². The molecule has 0 fully saturated rings. The van der Waals surface area contributed by atoms with Gasteiger partial charge in [0.2, 0.25) is 0 Å². The van der Waals surface area contributed by atoms with E-state index in [4.69, 9.17) is 0 Å². The summed E-state index contributed by atoms with van der Waals surface area (Å²) in [5.41, 5.74) is 12.1. The standard InChI is InChI=1S/C48H30N2S/c1-2-13-31(14-3-1)34-19-12-20-35(46(34)50-43-22-9-4-15-36(43)37-16-5-10-23-44(37)50)32-25-27-33(28-26-32)49-42-21-8-6-17-38(42)40-29-30-41-39-18-7-11-24-45(39)51-48(41)47(40)49/h1-30H. The number of rotatable bonds is 4. The van der Waals surface area contributed by atoms with Crippen LogP contribution in [0.3, 0.4) is 0 Å². The first kappa shape index (κ1) is 28.4. The molecule has 0 aliphatic heterocycles. The van der Waals surface area contributed by atoms with Crippen molar-refractivity contribution in [2.24, 2.45) is 0 Å². The summed E-state index contributed by atoms with van der Waals surface area (Å²) in [6, 6.07) is 66.6. The lowest BCUT2D eigenvalue weighted by Gasteiger charge is -2.19. The van der Waals surface area contributed by atoms with E-state index in [0.717, 1.165) is 5.69 Å². The van der Waals surface area contributed by atoms with Crippen molar-refractivity contribution < 1.29 is 0 Å². The molecule has 0 atom stereocenters. The van der Waals surface area contributed by atoms with Crippen LogP contribution in [0.4, 0.5) is 0 Å². The molecular formula is C48H30N2S. The second-order valence-electron chi connectivity index (χ2n) is 13.3. The molecule has 0 bridgehead atoms. The van der Waals surface area contributed by atoms with E-state index in [0.29, 0.717) is 0 Å². The number of benzene rings is 8. The van der Waals surface area contributed by atoms with Crippen molar-refractivity contribution in [3.05, 3.63) is 182 Å².